The van der Waals surface area contributed by atoms with Crippen molar-refractivity contribution < 1.29 is 48.3 Å². The van der Waals surface area contributed by atoms with Gasteiger partial charge in [-0.15, -0.1) is 0 Å². The zero-order chi connectivity index (χ0) is 19.9. The van der Waals surface area contributed by atoms with E-state index < -0.39 is 46.9 Å². The molecule has 14 heteroatoms. The summed E-state index contributed by atoms with van der Waals surface area (Å²) >= 11 is 0. The standard InChI is InChI=1S/C11H11F6NO5S2/c1-9(19,8-5-3-2-4-6-8)7-18(24(20,21)10(12,13)14)25(22,23)11(15,16)17/h2-6,19H,7H2,1H3. The van der Waals surface area contributed by atoms with Gasteiger partial charge in [0.2, 0.25) is 0 Å². The van der Waals surface area contributed by atoms with Crippen molar-refractivity contribution in [2.24, 2.45) is 0 Å². The maximum absolute atomic E-state index is 12.6. The highest BCUT2D eigenvalue weighted by atomic mass is 32.3. The van der Waals surface area contributed by atoms with Gasteiger partial charge in [0.1, 0.15) is 5.60 Å². The number of rotatable bonds is 5. The Hall–Kier alpha value is -1.38. The van der Waals surface area contributed by atoms with E-state index >= 15 is 0 Å². The molecule has 25 heavy (non-hydrogen) atoms. The summed E-state index contributed by atoms with van der Waals surface area (Å²) in [5.74, 6) is 0. The molecule has 0 radical (unpaired) electrons. The normalized spacial score (nSPS) is 16.7. The van der Waals surface area contributed by atoms with Crippen LogP contribution in [-0.2, 0) is 25.6 Å². The summed E-state index contributed by atoms with van der Waals surface area (Å²) in [4.78, 5) is 0. The Labute approximate surface area is 138 Å². The van der Waals surface area contributed by atoms with Crippen LogP contribution in [0.4, 0.5) is 26.3 Å². The Morgan fingerprint density at radius 2 is 1.24 bits per heavy atom. The molecule has 1 N–H and O–H groups in total. The third-order valence-corrected chi connectivity index (χ3v) is 6.63. The second kappa shape index (κ2) is 6.41. The van der Waals surface area contributed by atoms with E-state index in [0.29, 0.717) is 6.92 Å². The molecule has 0 bridgehead atoms. The van der Waals surface area contributed by atoms with Crippen LogP contribution in [0.15, 0.2) is 30.3 Å². The summed E-state index contributed by atoms with van der Waals surface area (Å²) in [5.41, 5.74) is -15.6. The average molecular weight is 415 g/mol. The third-order valence-electron chi connectivity index (χ3n) is 2.95. The van der Waals surface area contributed by atoms with Gasteiger partial charge in [-0.25, -0.2) is 16.8 Å². The Balaban J connectivity index is 3.56. The van der Waals surface area contributed by atoms with Crippen molar-refractivity contribution in [3.05, 3.63) is 35.9 Å². The Kier molecular flexibility index (Phi) is 5.55. The van der Waals surface area contributed by atoms with Gasteiger partial charge in [-0.2, -0.15) is 26.3 Å². The highest BCUT2D eigenvalue weighted by molar-refractivity contribution is 8.04. The molecule has 1 aromatic rings. The van der Waals surface area contributed by atoms with Crippen LogP contribution in [0.1, 0.15) is 12.5 Å². The van der Waals surface area contributed by atoms with Crippen LogP contribution >= 0.6 is 0 Å². The molecular weight excluding hydrogens is 404 g/mol. The van der Waals surface area contributed by atoms with Gasteiger partial charge in [-0.1, -0.05) is 34.0 Å². The quantitative estimate of drug-likeness (QED) is 0.742. The highest BCUT2D eigenvalue weighted by Gasteiger charge is 2.62. The molecule has 0 amide bonds. The van der Waals surface area contributed by atoms with Crippen LogP contribution in [0.2, 0.25) is 0 Å². The summed E-state index contributed by atoms with van der Waals surface area (Å²) in [7, 11) is -13.9. The molecule has 0 aliphatic heterocycles. The molecule has 1 unspecified atom stereocenters. The van der Waals surface area contributed by atoms with Gasteiger partial charge in [0, 0.05) is 0 Å². The third kappa shape index (κ3) is 4.24. The first kappa shape index (κ1) is 21.7. The number of alkyl halides is 6. The molecule has 0 heterocycles. The molecule has 1 atom stereocenters. The molecular formula is C11H11F6NO5S2. The van der Waals surface area contributed by atoms with Gasteiger partial charge in [0.15, 0.2) is 0 Å². The summed E-state index contributed by atoms with van der Waals surface area (Å²) < 4.78 is 119. The van der Waals surface area contributed by atoms with E-state index in [4.69, 9.17) is 0 Å². The Morgan fingerprint density at radius 3 is 1.56 bits per heavy atom. The number of nitrogens with zero attached hydrogens (tertiary/aromatic N) is 1. The van der Waals surface area contributed by atoms with Gasteiger partial charge in [0.25, 0.3) is 0 Å². The number of hydrogen-bond acceptors (Lipinski definition) is 5. The van der Waals surface area contributed by atoms with Gasteiger partial charge in [0.05, 0.1) is 6.54 Å². The second-order valence-electron chi connectivity index (χ2n) is 4.97. The van der Waals surface area contributed by atoms with Crippen LogP contribution in [0.3, 0.4) is 0 Å². The van der Waals surface area contributed by atoms with Crippen LogP contribution in [-0.4, -0.2) is 43.2 Å². The first-order valence-corrected chi connectivity index (χ1v) is 9.01. The van der Waals surface area contributed by atoms with Crippen molar-refractivity contribution >= 4 is 20.0 Å². The van der Waals surface area contributed by atoms with Gasteiger partial charge >= 0.3 is 31.1 Å². The molecule has 0 saturated heterocycles. The summed E-state index contributed by atoms with van der Waals surface area (Å²) in [6.45, 7) is -1.35. The summed E-state index contributed by atoms with van der Waals surface area (Å²) in [5, 5.41) is 10.1. The smallest absolute Gasteiger partial charge is 0.384 e. The van der Waals surface area contributed by atoms with Gasteiger partial charge < -0.3 is 5.11 Å². The van der Waals surface area contributed by atoms with Crippen molar-refractivity contribution in [2.45, 2.75) is 23.5 Å². The van der Waals surface area contributed by atoms with Crippen molar-refractivity contribution in [3.8, 4) is 0 Å². The van der Waals surface area contributed by atoms with E-state index in [-0.39, 0.29) is 5.56 Å². The van der Waals surface area contributed by atoms with Crippen molar-refractivity contribution in [1.29, 1.82) is 0 Å². The Bertz CT molecular complexity index is 771. The van der Waals surface area contributed by atoms with Gasteiger partial charge in [-0.3, -0.25) is 0 Å². The predicted octanol–water partition coefficient (Wildman–Crippen LogP) is 1.90. The minimum atomic E-state index is -6.96. The van der Waals surface area contributed by atoms with E-state index in [0.717, 1.165) is 12.1 Å². The highest BCUT2D eigenvalue weighted by Crippen LogP contribution is 2.37. The SMILES string of the molecule is CC(O)(CN(S(=O)(=O)C(F)(F)F)S(=O)(=O)C(F)(F)F)c1ccccc1. The monoisotopic (exact) mass is 415 g/mol. The van der Waals surface area contributed by atoms with E-state index in [1.807, 2.05) is 0 Å². The van der Waals surface area contributed by atoms with Crippen molar-refractivity contribution in [1.82, 2.24) is 3.71 Å². The number of aliphatic hydroxyl groups is 1. The first-order chi connectivity index (χ1) is 10.9. The summed E-state index contributed by atoms with van der Waals surface area (Å²) in [6.07, 6.45) is 0. The van der Waals surface area contributed by atoms with E-state index in [9.17, 15) is 48.3 Å². The molecule has 0 aromatic heterocycles. The molecule has 1 aromatic carbocycles. The lowest BCUT2D eigenvalue weighted by molar-refractivity contribution is -0.0560. The number of sulfonamides is 2. The van der Waals surface area contributed by atoms with Gasteiger partial charge in [-0.05, 0) is 12.5 Å². The molecule has 0 fully saturated rings. The average Bonchev–Trinajstić information content (AvgIpc) is 2.43. The van der Waals surface area contributed by atoms with E-state index in [1.165, 1.54) is 18.2 Å². The maximum Gasteiger partial charge on any atom is 0.512 e. The maximum atomic E-state index is 12.6. The summed E-state index contributed by atoms with van der Waals surface area (Å²) in [6, 6.07) is 6.04. The molecule has 0 aliphatic rings. The van der Waals surface area contributed by atoms with Crippen LogP contribution in [0.5, 0.6) is 0 Å². The van der Waals surface area contributed by atoms with E-state index in [2.05, 4.69) is 0 Å². The zero-order valence-electron chi connectivity index (χ0n) is 12.2. The van der Waals surface area contributed by atoms with Crippen LogP contribution in [0, 0.1) is 0 Å². The zero-order valence-corrected chi connectivity index (χ0v) is 13.8. The molecule has 0 spiro atoms. The predicted molar refractivity (Wildman–Crippen MR) is 72.7 cm³/mol. The molecule has 6 nitrogen and oxygen atoms in total. The molecule has 1 rings (SSSR count). The largest absolute Gasteiger partial charge is 0.512 e. The fourth-order valence-electron chi connectivity index (χ4n) is 1.67. The first-order valence-electron chi connectivity index (χ1n) is 6.13. The van der Waals surface area contributed by atoms with Crippen molar-refractivity contribution in [3.63, 3.8) is 0 Å². The Morgan fingerprint density at radius 1 is 0.880 bits per heavy atom. The minimum absolute atomic E-state index is 0.297. The molecule has 144 valence electrons. The van der Waals surface area contributed by atoms with E-state index in [1.54, 1.807) is 0 Å². The molecule has 0 saturated carbocycles. The molecule has 0 aliphatic carbocycles. The fraction of sp³-hybridized carbons (Fsp3) is 0.455. The van der Waals surface area contributed by atoms with Crippen LogP contribution in [0.25, 0.3) is 0 Å². The lowest BCUT2D eigenvalue weighted by Gasteiger charge is -2.31. The lowest BCUT2D eigenvalue weighted by Crippen LogP contribution is -2.53. The number of hydrogen-bond donors (Lipinski definition) is 1. The topological polar surface area (TPSA) is 91.8 Å². The minimum Gasteiger partial charge on any atom is -0.384 e. The lowest BCUT2D eigenvalue weighted by atomic mass is 9.97. The fourth-order valence-corrected chi connectivity index (χ4v) is 4.51. The van der Waals surface area contributed by atoms with Crippen molar-refractivity contribution in [2.75, 3.05) is 6.54 Å². The van der Waals surface area contributed by atoms with Crippen LogP contribution < -0.4 is 0 Å². The number of halogens is 6. The second-order valence-corrected chi connectivity index (χ2v) is 8.91. The number of benzene rings is 1.